The number of benzene rings is 1. The van der Waals surface area contributed by atoms with Crippen molar-refractivity contribution in [2.24, 2.45) is 0 Å². The highest BCUT2D eigenvalue weighted by Crippen LogP contribution is 2.36. The van der Waals surface area contributed by atoms with E-state index in [4.69, 9.17) is 4.74 Å². The molecular formula is C37H64N2O4. The van der Waals surface area contributed by atoms with E-state index in [1.165, 1.54) is 77.0 Å². The van der Waals surface area contributed by atoms with Gasteiger partial charge in [-0.2, -0.15) is 0 Å². The van der Waals surface area contributed by atoms with Crippen LogP contribution in [0.3, 0.4) is 0 Å². The second-order valence-electron chi connectivity index (χ2n) is 12.4. The number of esters is 1. The van der Waals surface area contributed by atoms with Crippen LogP contribution in [-0.2, 0) is 14.4 Å². The molecule has 6 nitrogen and oxygen atoms in total. The molecule has 1 aromatic rings. The second-order valence-corrected chi connectivity index (χ2v) is 12.4. The molecule has 0 unspecified atom stereocenters. The van der Waals surface area contributed by atoms with Crippen LogP contribution >= 0.6 is 0 Å². The third-order valence-electron chi connectivity index (χ3n) is 8.00. The van der Waals surface area contributed by atoms with Gasteiger partial charge in [0.2, 0.25) is 11.8 Å². The Hall–Kier alpha value is -2.37. The molecule has 246 valence electrons. The summed E-state index contributed by atoms with van der Waals surface area (Å²) in [7, 11) is 0. The number of ether oxygens (including phenoxy) is 1. The summed E-state index contributed by atoms with van der Waals surface area (Å²) in [6.07, 6.45) is 25.0. The summed E-state index contributed by atoms with van der Waals surface area (Å²) in [6, 6.07) is 3.65. The van der Waals surface area contributed by atoms with Crippen molar-refractivity contribution in [1.29, 1.82) is 0 Å². The monoisotopic (exact) mass is 600 g/mol. The van der Waals surface area contributed by atoms with Crippen molar-refractivity contribution >= 4 is 29.2 Å². The first-order chi connectivity index (χ1) is 20.9. The molecule has 0 aromatic heterocycles. The average molecular weight is 601 g/mol. The van der Waals surface area contributed by atoms with E-state index in [1.807, 2.05) is 19.1 Å². The van der Waals surface area contributed by atoms with Crippen molar-refractivity contribution in [3.05, 3.63) is 17.7 Å². The number of aryl methyl sites for hydroxylation is 1. The quantitative estimate of drug-likeness (QED) is 0.0597. The van der Waals surface area contributed by atoms with E-state index in [0.717, 1.165) is 63.4 Å². The van der Waals surface area contributed by atoms with E-state index < -0.39 is 0 Å². The Kier molecular flexibility index (Phi) is 23.4. The van der Waals surface area contributed by atoms with E-state index in [9.17, 15) is 14.4 Å². The Labute approximate surface area is 263 Å². The molecule has 0 aliphatic carbocycles. The summed E-state index contributed by atoms with van der Waals surface area (Å²) in [5.74, 6) is -0.269. The Bertz CT molecular complexity index is 846. The van der Waals surface area contributed by atoms with Gasteiger partial charge >= 0.3 is 5.97 Å². The van der Waals surface area contributed by atoms with Crippen LogP contribution in [-0.4, -0.2) is 17.8 Å². The van der Waals surface area contributed by atoms with E-state index in [1.54, 1.807) is 0 Å². The summed E-state index contributed by atoms with van der Waals surface area (Å²) in [5, 5.41) is 5.97. The van der Waals surface area contributed by atoms with Gasteiger partial charge in [-0.1, -0.05) is 136 Å². The lowest BCUT2D eigenvalue weighted by atomic mass is 10.1. The SMILES string of the molecule is CCCCCCCCCC(=O)Nc1cc(C)cc(NC(=O)CCCCCCCCC)c1OC(=O)CCCCCCCCC. The van der Waals surface area contributed by atoms with Crippen LogP contribution in [0.1, 0.15) is 180 Å². The highest BCUT2D eigenvalue weighted by Gasteiger charge is 2.19. The lowest BCUT2D eigenvalue weighted by molar-refractivity contribution is -0.134. The predicted molar refractivity (Wildman–Crippen MR) is 182 cm³/mol. The van der Waals surface area contributed by atoms with Gasteiger partial charge in [-0.05, 0) is 43.9 Å². The molecule has 0 radical (unpaired) electrons. The van der Waals surface area contributed by atoms with Crippen LogP contribution in [0, 0.1) is 6.92 Å². The first-order valence-corrected chi connectivity index (χ1v) is 17.9. The maximum atomic E-state index is 12.9. The van der Waals surface area contributed by atoms with Crippen LogP contribution in [0.2, 0.25) is 0 Å². The number of carbonyl (C=O) groups excluding carboxylic acids is 3. The summed E-state index contributed by atoms with van der Waals surface area (Å²) in [6.45, 7) is 8.55. The zero-order valence-electron chi connectivity index (χ0n) is 28.3. The Morgan fingerprint density at radius 3 is 1.21 bits per heavy atom. The van der Waals surface area contributed by atoms with Crippen LogP contribution < -0.4 is 15.4 Å². The Balaban J connectivity index is 2.81. The van der Waals surface area contributed by atoms with Crippen LogP contribution in [0.15, 0.2) is 12.1 Å². The molecule has 2 amide bonds. The number of hydrogen-bond donors (Lipinski definition) is 2. The van der Waals surface area contributed by atoms with Gasteiger partial charge in [0.05, 0.1) is 11.4 Å². The van der Waals surface area contributed by atoms with Gasteiger partial charge in [-0.25, -0.2) is 0 Å². The molecule has 0 aliphatic heterocycles. The molecule has 0 heterocycles. The minimum absolute atomic E-state index is 0.0936. The number of carbonyl (C=O) groups is 3. The van der Waals surface area contributed by atoms with Crippen molar-refractivity contribution < 1.29 is 19.1 Å². The van der Waals surface area contributed by atoms with E-state index in [-0.39, 0.29) is 23.5 Å². The normalized spacial score (nSPS) is 11.0. The van der Waals surface area contributed by atoms with E-state index in [0.29, 0.717) is 30.6 Å². The zero-order chi connectivity index (χ0) is 31.5. The molecule has 0 fully saturated rings. The second kappa shape index (κ2) is 26.1. The lowest BCUT2D eigenvalue weighted by Gasteiger charge is -2.17. The highest BCUT2D eigenvalue weighted by atomic mass is 16.5. The number of unbranched alkanes of at least 4 members (excludes halogenated alkanes) is 18. The van der Waals surface area contributed by atoms with Gasteiger partial charge in [0.1, 0.15) is 0 Å². The minimum atomic E-state index is -0.331. The lowest BCUT2D eigenvalue weighted by Crippen LogP contribution is -2.18. The largest absolute Gasteiger partial charge is 0.422 e. The molecule has 6 heteroatoms. The highest BCUT2D eigenvalue weighted by molar-refractivity contribution is 5.98. The molecule has 0 saturated heterocycles. The summed E-state index contributed by atoms with van der Waals surface area (Å²) in [4.78, 5) is 38.7. The number of nitrogens with one attached hydrogen (secondary N) is 2. The fourth-order valence-corrected chi connectivity index (χ4v) is 5.37. The van der Waals surface area contributed by atoms with Crippen LogP contribution in [0.5, 0.6) is 5.75 Å². The van der Waals surface area contributed by atoms with Gasteiger partial charge in [0, 0.05) is 19.3 Å². The van der Waals surface area contributed by atoms with Crippen LogP contribution in [0.25, 0.3) is 0 Å². The molecule has 0 atom stereocenters. The number of anilines is 2. The third-order valence-corrected chi connectivity index (χ3v) is 8.00. The van der Waals surface area contributed by atoms with Crippen LogP contribution in [0.4, 0.5) is 11.4 Å². The van der Waals surface area contributed by atoms with Crippen molar-refractivity contribution in [1.82, 2.24) is 0 Å². The molecule has 0 bridgehead atoms. The van der Waals surface area contributed by atoms with Crippen molar-refractivity contribution in [2.75, 3.05) is 10.6 Å². The topological polar surface area (TPSA) is 84.5 Å². The molecule has 0 saturated carbocycles. The minimum Gasteiger partial charge on any atom is -0.422 e. The maximum Gasteiger partial charge on any atom is 0.311 e. The van der Waals surface area contributed by atoms with Crippen molar-refractivity contribution in [3.63, 3.8) is 0 Å². The summed E-state index contributed by atoms with van der Waals surface area (Å²) in [5.41, 5.74) is 1.78. The van der Waals surface area contributed by atoms with Gasteiger partial charge in [0.25, 0.3) is 0 Å². The van der Waals surface area contributed by atoms with Gasteiger partial charge < -0.3 is 15.4 Å². The molecule has 0 spiro atoms. The van der Waals surface area contributed by atoms with Gasteiger partial charge in [-0.15, -0.1) is 0 Å². The fraction of sp³-hybridized carbons (Fsp3) is 0.757. The average Bonchev–Trinajstić information content (AvgIpc) is 2.97. The standard InChI is InChI=1S/C37H64N2O4/c1-5-8-11-14-17-20-23-26-34(40)38-32-29-31(4)30-33(39-35(41)27-24-21-18-15-12-9-6-2)37(32)43-36(42)28-25-22-19-16-13-10-7-3/h29-30H,5-28H2,1-4H3,(H,38,40)(H,39,41). The summed E-state index contributed by atoms with van der Waals surface area (Å²) < 4.78 is 5.87. The fourth-order valence-electron chi connectivity index (χ4n) is 5.37. The number of hydrogen-bond acceptors (Lipinski definition) is 4. The van der Waals surface area contributed by atoms with E-state index in [2.05, 4.69) is 31.4 Å². The predicted octanol–water partition coefficient (Wildman–Crippen LogP) is 11.2. The van der Waals surface area contributed by atoms with Gasteiger partial charge in [-0.3, -0.25) is 14.4 Å². The van der Waals surface area contributed by atoms with E-state index >= 15 is 0 Å². The Morgan fingerprint density at radius 1 is 0.512 bits per heavy atom. The molecule has 1 aromatic carbocycles. The molecular weight excluding hydrogens is 536 g/mol. The zero-order valence-corrected chi connectivity index (χ0v) is 28.3. The van der Waals surface area contributed by atoms with Crippen molar-refractivity contribution in [3.8, 4) is 5.75 Å². The smallest absolute Gasteiger partial charge is 0.311 e. The first kappa shape index (κ1) is 38.7. The number of amides is 2. The molecule has 43 heavy (non-hydrogen) atoms. The number of rotatable bonds is 27. The third kappa shape index (κ3) is 20.3. The molecule has 1 rings (SSSR count). The van der Waals surface area contributed by atoms with Gasteiger partial charge in [0.15, 0.2) is 5.75 Å². The van der Waals surface area contributed by atoms with Crippen molar-refractivity contribution in [2.45, 2.75) is 182 Å². The molecule has 2 N–H and O–H groups in total. The summed E-state index contributed by atoms with van der Waals surface area (Å²) >= 11 is 0. The Morgan fingerprint density at radius 2 is 0.837 bits per heavy atom. The molecule has 0 aliphatic rings. The maximum absolute atomic E-state index is 12.9. The first-order valence-electron chi connectivity index (χ1n) is 17.9.